The lowest BCUT2D eigenvalue weighted by Gasteiger charge is -2.16. The van der Waals surface area contributed by atoms with Gasteiger partial charge < -0.3 is 4.57 Å². The quantitative estimate of drug-likeness (QED) is 0.158. The number of aromatic nitrogens is 5. The van der Waals surface area contributed by atoms with Gasteiger partial charge in [0.15, 0.2) is 17.5 Å². The Morgan fingerprint density at radius 1 is 0.328 bits per heavy atom. The second-order valence-corrected chi connectivity index (χ2v) is 15.4. The van der Waals surface area contributed by atoms with Gasteiger partial charge in [-0.2, -0.15) is 0 Å². The molecule has 0 aliphatic carbocycles. The summed E-state index contributed by atoms with van der Waals surface area (Å²) in [5.41, 5.74) is 11.3. The fourth-order valence-electron chi connectivity index (χ4n) is 8.94. The Morgan fingerprint density at radius 2 is 0.869 bits per heavy atom. The number of hydrogen-bond acceptors (Lipinski definition) is 4. The van der Waals surface area contributed by atoms with E-state index in [1.165, 1.54) is 38.0 Å². The molecule has 0 atom stereocenters. The third-order valence-corrected chi connectivity index (χ3v) is 11.8. The molecule has 5 heteroatoms. The molecule has 0 aliphatic rings. The summed E-state index contributed by atoms with van der Waals surface area (Å²) >= 11 is 0. The average molecular weight is 778 g/mol. The van der Waals surface area contributed by atoms with Crippen LogP contribution < -0.4 is 0 Å². The summed E-state index contributed by atoms with van der Waals surface area (Å²) in [7, 11) is 0. The van der Waals surface area contributed by atoms with Crippen LogP contribution in [0.1, 0.15) is 0 Å². The minimum Gasteiger partial charge on any atom is -0.309 e. The van der Waals surface area contributed by atoms with Gasteiger partial charge >= 0.3 is 0 Å². The minimum atomic E-state index is 0.621. The van der Waals surface area contributed by atoms with E-state index in [-0.39, 0.29) is 0 Å². The van der Waals surface area contributed by atoms with E-state index in [0.29, 0.717) is 17.5 Å². The topological polar surface area (TPSA) is 56.5 Å². The fraction of sp³-hybridized carbons (Fsp3) is 0. The molecule has 0 N–H and O–H groups in total. The van der Waals surface area contributed by atoms with Crippen molar-refractivity contribution in [2.24, 2.45) is 0 Å². The van der Waals surface area contributed by atoms with E-state index in [4.69, 9.17) is 19.9 Å². The molecule has 0 unspecified atom stereocenters. The molecule has 0 saturated carbocycles. The SMILES string of the molecule is c1ccc(-c2nc(-c3ccccc3)nc(-c3ccc(-c4cccc5c4nc(-c4ccc6ccccc6c4)c4ccc6c7ccccc7n(-c7ccccc7)c6c45)cc3)n2)cc1. The highest BCUT2D eigenvalue weighted by Gasteiger charge is 2.21. The maximum atomic E-state index is 5.65. The van der Waals surface area contributed by atoms with Gasteiger partial charge in [-0.3, -0.25) is 0 Å². The number of hydrogen-bond donors (Lipinski definition) is 0. The lowest BCUT2D eigenvalue weighted by Crippen LogP contribution is -2.00. The third kappa shape index (κ3) is 5.86. The zero-order chi connectivity index (χ0) is 40.3. The van der Waals surface area contributed by atoms with Gasteiger partial charge in [0.05, 0.1) is 22.2 Å². The van der Waals surface area contributed by atoms with Crippen molar-refractivity contribution in [1.29, 1.82) is 0 Å². The van der Waals surface area contributed by atoms with E-state index in [0.717, 1.165) is 61.1 Å². The maximum absolute atomic E-state index is 5.65. The molecule has 3 heterocycles. The number of para-hydroxylation sites is 3. The molecule has 61 heavy (non-hydrogen) atoms. The largest absolute Gasteiger partial charge is 0.309 e. The highest BCUT2D eigenvalue weighted by molar-refractivity contribution is 6.28. The number of rotatable bonds is 6. The van der Waals surface area contributed by atoms with E-state index in [9.17, 15) is 0 Å². The van der Waals surface area contributed by atoms with Crippen LogP contribution in [-0.2, 0) is 0 Å². The maximum Gasteiger partial charge on any atom is 0.164 e. The molecule has 12 aromatic rings. The molecule has 0 bridgehead atoms. The average Bonchev–Trinajstić information content (AvgIpc) is 3.68. The van der Waals surface area contributed by atoms with Crippen LogP contribution in [0, 0.1) is 0 Å². The standard InChI is InChI=1S/C56H35N5/c1-4-16-38(17-5-1)54-58-55(39-18-6-2-7-19-39)60-56(59-54)40-30-28-37(29-31-40)44-24-14-25-47-50-48(51(57-52(44)47)42-32-27-36-15-10-11-20-41(36)35-42)34-33-46-45-23-12-13-26-49(45)61(53(46)50)43-21-8-3-9-22-43/h1-35H. The number of fused-ring (bicyclic) bond motifs is 8. The van der Waals surface area contributed by atoms with Gasteiger partial charge in [-0.25, -0.2) is 19.9 Å². The number of pyridine rings is 1. The summed E-state index contributed by atoms with van der Waals surface area (Å²) in [5, 5.41) is 8.20. The van der Waals surface area contributed by atoms with Gasteiger partial charge in [0.1, 0.15) is 0 Å². The van der Waals surface area contributed by atoms with Gasteiger partial charge in [0.2, 0.25) is 0 Å². The molecule has 3 aromatic heterocycles. The van der Waals surface area contributed by atoms with Crippen molar-refractivity contribution in [2.45, 2.75) is 0 Å². The van der Waals surface area contributed by atoms with Crippen LogP contribution in [0.25, 0.3) is 116 Å². The second kappa shape index (κ2) is 14.2. The van der Waals surface area contributed by atoms with E-state index in [2.05, 4.69) is 156 Å². The van der Waals surface area contributed by atoms with Crippen LogP contribution in [0.4, 0.5) is 0 Å². The molecule has 12 rings (SSSR count). The Morgan fingerprint density at radius 3 is 1.57 bits per heavy atom. The molecular formula is C56H35N5. The molecular weight excluding hydrogens is 743 g/mol. The van der Waals surface area contributed by atoms with Gasteiger partial charge in [0.25, 0.3) is 0 Å². The van der Waals surface area contributed by atoms with Crippen molar-refractivity contribution < 1.29 is 0 Å². The first kappa shape index (κ1) is 34.7. The van der Waals surface area contributed by atoms with Gasteiger partial charge in [0, 0.05) is 60.4 Å². The molecule has 9 aromatic carbocycles. The summed E-state index contributed by atoms with van der Waals surface area (Å²) in [6.07, 6.45) is 0. The van der Waals surface area contributed by atoms with Crippen LogP contribution in [0.2, 0.25) is 0 Å². The first-order valence-corrected chi connectivity index (χ1v) is 20.6. The normalized spacial score (nSPS) is 11.6. The van der Waals surface area contributed by atoms with Gasteiger partial charge in [-0.05, 0) is 40.6 Å². The van der Waals surface area contributed by atoms with Crippen molar-refractivity contribution in [1.82, 2.24) is 24.5 Å². The van der Waals surface area contributed by atoms with Crippen LogP contribution in [0.15, 0.2) is 212 Å². The summed E-state index contributed by atoms with van der Waals surface area (Å²) < 4.78 is 2.43. The van der Waals surface area contributed by atoms with Crippen molar-refractivity contribution >= 4 is 54.3 Å². The van der Waals surface area contributed by atoms with E-state index in [1.807, 2.05) is 60.7 Å². The van der Waals surface area contributed by atoms with Crippen LogP contribution in [-0.4, -0.2) is 24.5 Å². The second-order valence-electron chi connectivity index (χ2n) is 15.4. The zero-order valence-electron chi connectivity index (χ0n) is 32.9. The molecule has 5 nitrogen and oxygen atoms in total. The molecule has 0 fully saturated rings. The van der Waals surface area contributed by atoms with E-state index >= 15 is 0 Å². The van der Waals surface area contributed by atoms with E-state index in [1.54, 1.807) is 0 Å². The van der Waals surface area contributed by atoms with Crippen LogP contribution in [0.5, 0.6) is 0 Å². The van der Waals surface area contributed by atoms with Crippen LogP contribution >= 0.6 is 0 Å². The molecule has 0 spiro atoms. The van der Waals surface area contributed by atoms with E-state index < -0.39 is 0 Å². The molecule has 284 valence electrons. The lowest BCUT2D eigenvalue weighted by atomic mass is 9.93. The predicted octanol–water partition coefficient (Wildman–Crippen LogP) is 14.2. The van der Waals surface area contributed by atoms with Crippen molar-refractivity contribution in [3.8, 4) is 62.2 Å². The van der Waals surface area contributed by atoms with Crippen LogP contribution in [0.3, 0.4) is 0 Å². The molecule has 0 aliphatic heterocycles. The molecule has 0 radical (unpaired) electrons. The first-order valence-electron chi connectivity index (χ1n) is 20.6. The minimum absolute atomic E-state index is 0.621. The summed E-state index contributed by atoms with van der Waals surface area (Å²) in [6.45, 7) is 0. The first-order chi connectivity index (χ1) is 30.2. The Hall–Kier alpha value is -8.28. The predicted molar refractivity (Wildman–Crippen MR) is 252 cm³/mol. The summed E-state index contributed by atoms with van der Waals surface area (Å²) in [5.74, 6) is 1.90. The Labute approximate surface area is 351 Å². The third-order valence-electron chi connectivity index (χ3n) is 11.8. The van der Waals surface area contributed by atoms with Crippen molar-refractivity contribution in [3.05, 3.63) is 212 Å². The van der Waals surface area contributed by atoms with Crippen molar-refractivity contribution in [2.75, 3.05) is 0 Å². The van der Waals surface area contributed by atoms with Gasteiger partial charge in [-0.1, -0.05) is 188 Å². The highest BCUT2D eigenvalue weighted by Crippen LogP contribution is 2.44. The zero-order valence-corrected chi connectivity index (χ0v) is 32.9. The Kier molecular flexibility index (Phi) is 8.10. The van der Waals surface area contributed by atoms with Gasteiger partial charge in [-0.15, -0.1) is 0 Å². The number of benzene rings is 9. The Bertz CT molecular complexity index is 3560. The fourth-order valence-corrected chi connectivity index (χ4v) is 8.94. The molecule has 0 amide bonds. The lowest BCUT2D eigenvalue weighted by molar-refractivity contribution is 1.07. The number of nitrogens with zero attached hydrogens (tertiary/aromatic N) is 5. The Balaban J connectivity index is 1.10. The smallest absolute Gasteiger partial charge is 0.164 e. The monoisotopic (exact) mass is 777 g/mol. The highest BCUT2D eigenvalue weighted by atomic mass is 15.0. The summed E-state index contributed by atoms with van der Waals surface area (Å²) in [4.78, 5) is 20.5. The summed E-state index contributed by atoms with van der Waals surface area (Å²) in [6, 6.07) is 74.6. The molecule has 0 saturated heterocycles. The van der Waals surface area contributed by atoms with Crippen molar-refractivity contribution in [3.63, 3.8) is 0 Å².